The van der Waals surface area contributed by atoms with Crippen LogP contribution in [0.1, 0.15) is 29.9 Å². The highest BCUT2D eigenvalue weighted by Gasteiger charge is 2.37. The van der Waals surface area contributed by atoms with Crippen molar-refractivity contribution in [2.75, 3.05) is 11.5 Å². The second-order valence-electron chi connectivity index (χ2n) is 3.58. The van der Waals surface area contributed by atoms with Crippen molar-refractivity contribution in [3.05, 3.63) is 11.8 Å². The van der Waals surface area contributed by atoms with Gasteiger partial charge in [0, 0.05) is 5.75 Å². The van der Waals surface area contributed by atoms with Crippen molar-refractivity contribution in [1.29, 1.82) is 0 Å². The van der Waals surface area contributed by atoms with Gasteiger partial charge < -0.3 is 9.52 Å². The van der Waals surface area contributed by atoms with Crippen molar-refractivity contribution in [3.8, 4) is 0 Å². The van der Waals surface area contributed by atoms with Gasteiger partial charge in [-0.05, 0) is 19.1 Å². The fourth-order valence-corrected chi connectivity index (χ4v) is 2.85. The van der Waals surface area contributed by atoms with Gasteiger partial charge in [0.1, 0.15) is 0 Å². The molecule has 0 radical (unpaired) electrons. The smallest absolute Gasteiger partial charge is 0.393 e. The van der Waals surface area contributed by atoms with E-state index in [9.17, 15) is 4.79 Å². The second kappa shape index (κ2) is 3.27. The maximum atomic E-state index is 10.5. The summed E-state index contributed by atoms with van der Waals surface area (Å²) in [6.45, 7) is 2.02. The van der Waals surface area contributed by atoms with Gasteiger partial charge in [0.05, 0.1) is 5.41 Å². The maximum absolute atomic E-state index is 10.5. The zero-order chi connectivity index (χ0) is 10.2. The maximum Gasteiger partial charge on any atom is 0.393 e. The molecule has 0 aliphatic carbocycles. The van der Waals surface area contributed by atoms with Crippen LogP contribution in [0, 0.1) is 0 Å². The molecule has 0 spiro atoms. The van der Waals surface area contributed by atoms with Gasteiger partial charge in [-0.15, -0.1) is 10.2 Å². The minimum atomic E-state index is -1.17. The summed E-state index contributed by atoms with van der Waals surface area (Å²) in [6.07, 6.45) is 0.957. The fraction of sp³-hybridized carbons (Fsp3) is 0.625. The lowest BCUT2D eigenvalue weighted by atomic mass is 9.90. The molecular weight excluding hydrogens is 204 g/mol. The number of aromatic carboxylic acids is 1. The first-order valence-electron chi connectivity index (χ1n) is 4.27. The molecular formula is C8H10N2O3S. The zero-order valence-electron chi connectivity index (χ0n) is 7.69. The zero-order valence-corrected chi connectivity index (χ0v) is 8.50. The molecule has 1 atom stereocenters. The Bertz CT molecular complexity index is 357. The molecule has 5 nitrogen and oxygen atoms in total. The fourth-order valence-electron chi connectivity index (χ4n) is 1.39. The Labute approximate surface area is 84.9 Å². The third kappa shape index (κ3) is 1.50. The van der Waals surface area contributed by atoms with Gasteiger partial charge in [-0.2, -0.15) is 11.8 Å². The molecule has 0 aromatic carbocycles. The molecule has 1 aromatic heterocycles. The first-order chi connectivity index (χ1) is 6.62. The third-order valence-electron chi connectivity index (χ3n) is 2.34. The van der Waals surface area contributed by atoms with E-state index in [-0.39, 0.29) is 11.3 Å². The lowest BCUT2D eigenvalue weighted by Crippen LogP contribution is -2.21. The largest absolute Gasteiger partial charge is 0.474 e. The Morgan fingerprint density at radius 2 is 2.43 bits per heavy atom. The van der Waals surface area contributed by atoms with Crippen molar-refractivity contribution in [2.24, 2.45) is 0 Å². The number of aromatic nitrogens is 2. The van der Waals surface area contributed by atoms with Gasteiger partial charge in [0.2, 0.25) is 5.89 Å². The van der Waals surface area contributed by atoms with Crippen LogP contribution in [0.5, 0.6) is 0 Å². The third-order valence-corrected chi connectivity index (χ3v) is 3.68. The molecule has 1 unspecified atom stereocenters. The van der Waals surface area contributed by atoms with E-state index >= 15 is 0 Å². The van der Waals surface area contributed by atoms with Crippen molar-refractivity contribution in [3.63, 3.8) is 0 Å². The molecule has 1 aliphatic heterocycles. The SMILES string of the molecule is CC1(c2nnc(C(=O)O)o2)CCSC1. The molecule has 14 heavy (non-hydrogen) atoms. The van der Waals surface area contributed by atoms with E-state index in [0.29, 0.717) is 5.89 Å². The summed E-state index contributed by atoms with van der Waals surface area (Å²) in [5, 5.41) is 15.9. The summed E-state index contributed by atoms with van der Waals surface area (Å²) in [4.78, 5) is 10.5. The van der Waals surface area contributed by atoms with Crippen molar-refractivity contribution in [2.45, 2.75) is 18.8 Å². The van der Waals surface area contributed by atoms with E-state index < -0.39 is 5.97 Å². The molecule has 0 saturated carbocycles. The van der Waals surface area contributed by atoms with E-state index in [2.05, 4.69) is 10.2 Å². The summed E-state index contributed by atoms with van der Waals surface area (Å²) in [5.41, 5.74) is -0.147. The lowest BCUT2D eigenvalue weighted by molar-refractivity contribution is 0.0649. The highest BCUT2D eigenvalue weighted by Crippen LogP contribution is 2.37. The van der Waals surface area contributed by atoms with Gasteiger partial charge >= 0.3 is 11.9 Å². The summed E-state index contributed by atoms with van der Waals surface area (Å²) in [6, 6.07) is 0. The molecule has 0 amide bonds. The monoisotopic (exact) mass is 214 g/mol. The molecule has 1 N–H and O–H groups in total. The highest BCUT2D eigenvalue weighted by atomic mass is 32.2. The molecule has 76 valence electrons. The average molecular weight is 214 g/mol. The van der Waals surface area contributed by atoms with Crippen LogP contribution in [0.25, 0.3) is 0 Å². The lowest BCUT2D eigenvalue weighted by Gasteiger charge is -2.16. The summed E-state index contributed by atoms with van der Waals surface area (Å²) in [5.74, 6) is 0.922. The molecule has 1 aromatic rings. The molecule has 6 heteroatoms. The van der Waals surface area contributed by atoms with Gasteiger partial charge in [-0.1, -0.05) is 0 Å². The number of carboxylic acid groups (broad SMARTS) is 1. The number of hydrogen-bond acceptors (Lipinski definition) is 5. The van der Waals surface area contributed by atoms with Crippen molar-refractivity contribution >= 4 is 17.7 Å². The number of thioether (sulfide) groups is 1. The van der Waals surface area contributed by atoms with Crippen molar-refractivity contribution in [1.82, 2.24) is 10.2 Å². The van der Waals surface area contributed by atoms with Crippen LogP contribution in [0.15, 0.2) is 4.42 Å². The molecule has 1 fully saturated rings. The normalized spacial score (nSPS) is 26.6. The standard InChI is InChI=1S/C8H10N2O3S/c1-8(2-3-14-4-8)7-10-9-5(13-7)6(11)12/h2-4H2,1H3,(H,11,12). The summed E-state index contributed by atoms with van der Waals surface area (Å²) in [7, 11) is 0. The van der Waals surface area contributed by atoms with E-state index in [1.807, 2.05) is 18.7 Å². The van der Waals surface area contributed by atoms with Gasteiger partial charge in [-0.3, -0.25) is 0 Å². The second-order valence-corrected chi connectivity index (χ2v) is 4.69. The highest BCUT2D eigenvalue weighted by molar-refractivity contribution is 7.99. The topological polar surface area (TPSA) is 76.2 Å². The number of carboxylic acids is 1. The first-order valence-corrected chi connectivity index (χ1v) is 5.42. The van der Waals surface area contributed by atoms with E-state index in [4.69, 9.17) is 9.52 Å². The quantitative estimate of drug-likeness (QED) is 0.796. The molecule has 2 rings (SSSR count). The van der Waals surface area contributed by atoms with Crippen LogP contribution < -0.4 is 0 Å². The Balaban J connectivity index is 2.28. The molecule has 2 heterocycles. The number of rotatable bonds is 2. The number of carbonyl (C=O) groups is 1. The Kier molecular flexibility index (Phi) is 2.22. The Morgan fingerprint density at radius 1 is 1.64 bits per heavy atom. The summed E-state index contributed by atoms with van der Waals surface area (Å²) < 4.78 is 5.10. The van der Waals surface area contributed by atoms with E-state index in [0.717, 1.165) is 17.9 Å². The molecule has 1 aliphatic rings. The number of hydrogen-bond donors (Lipinski definition) is 1. The predicted octanol–water partition coefficient (Wildman–Crippen LogP) is 1.16. The van der Waals surface area contributed by atoms with Crippen LogP contribution in [-0.2, 0) is 5.41 Å². The average Bonchev–Trinajstić information content (AvgIpc) is 2.71. The van der Waals surface area contributed by atoms with Crippen LogP contribution in [-0.4, -0.2) is 32.8 Å². The predicted molar refractivity (Wildman–Crippen MR) is 50.6 cm³/mol. The number of nitrogens with zero attached hydrogens (tertiary/aromatic N) is 2. The summed E-state index contributed by atoms with van der Waals surface area (Å²) >= 11 is 1.82. The van der Waals surface area contributed by atoms with E-state index in [1.54, 1.807) is 0 Å². The minimum absolute atomic E-state index is 0.147. The molecule has 1 saturated heterocycles. The van der Waals surface area contributed by atoms with Gasteiger partial charge in [-0.25, -0.2) is 4.79 Å². The van der Waals surface area contributed by atoms with Crippen LogP contribution in [0.3, 0.4) is 0 Å². The van der Waals surface area contributed by atoms with E-state index in [1.165, 1.54) is 0 Å². The van der Waals surface area contributed by atoms with Crippen molar-refractivity contribution < 1.29 is 14.3 Å². The van der Waals surface area contributed by atoms with Gasteiger partial charge in [0.25, 0.3) is 0 Å². The Hall–Kier alpha value is -1.04. The van der Waals surface area contributed by atoms with Crippen LogP contribution >= 0.6 is 11.8 Å². The molecule has 0 bridgehead atoms. The first kappa shape index (κ1) is 9.51. The van der Waals surface area contributed by atoms with Crippen LogP contribution in [0.2, 0.25) is 0 Å². The van der Waals surface area contributed by atoms with Crippen LogP contribution in [0.4, 0.5) is 0 Å². The minimum Gasteiger partial charge on any atom is -0.474 e. The van der Waals surface area contributed by atoms with Gasteiger partial charge in [0.15, 0.2) is 0 Å². The Morgan fingerprint density at radius 3 is 2.93 bits per heavy atom.